The molecule has 0 spiro atoms. The number of halogens is 2. The van der Waals surface area contributed by atoms with Gasteiger partial charge in [0.2, 0.25) is 0 Å². The number of nitrogens with one attached hydrogen (secondary N) is 1. The van der Waals surface area contributed by atoms with Crippen LogP contribution in [0, 0.1) is 5.82 Å². The van der Waals surface area contributed by atoms with Crippen LogP contribution >= 0.6 is 11.6 Å². The summed E-state index contributed by atoms with van der Waals surface area (Å²) in [6.45, 7) is 0.179. The fraction of sp³-hybridized carbons (Fsp3) is 0.176. The number of carbonyl (C=O) groups is 2. The Hall–Kier alpha value is -3.40. The van der Waals surface area contributed by atoms with Gasteiger partial charge in [0.15, 0.2) is 6.73 Å². The molecular formula is C17H15ClFN5O4. The minimum Gasteiger partial charge on any atom is -0.481 e. The van der Waals surface area contributed by atoms with Gasteiger partial charge in [0.05, 0.1) is 47.8 Å². The quantitative estimate of drug-likeness (QED) is 0.593. The van der Waals surface area contributed by atoms with Gasteiger partial charge in [0, 0.05) is 6.20 Å². The molecule has 1 aromatic carbocycles. The largest absolute Gasteiger partial charge is 0.481 e. The van der Waals surface area contributed by atoms with Crippen LogP contribution in [0.2, 0.25) is 5.02 Å². The molecule has 0 saturated heterocycles. The van der Waals surface area contributed by atoms with E-state index in [1.165, 1.54) is 40.1 Å². The van der Waals surface area contributed by atoms with Crippen molar-refractivity contribution in [3.8, 4) is 5.75 Å². The lowest BCUT2D eigenvalue weighted by Crippen LogP contribution is -2.11. The van der Waals surface area contributed by atoms with Gasteiger partial charge in [-0.2, -0.15) is 10.2 Å². The third-order valence-corrected chi connectivity index (χ3v) is 3.88. The van der Waals surface area contributed by atoms with Crippen LogP contribution < -0.4 is 10.1 Å². The first-order chi connectivity index (χ1) is 13.4. The Morgan fingerprint density at radius 1 is 1.21 bits per heavy atom. The molecule has 9 nitrogen and oxygen atoms in total. The lowest BCUT2D eigenvalue weighted by atomic mass is 10.3. The second-order valence-electron chi connectivity index (χ2n) is 5.71. The second kappa shape index (κ2) is 8.53. The Bertz CT molecular complexity index is 1000. The zero-order chi connectivity index (χ0) is 20.1. The van der Waals surface area contributed by atoms with E-state index in [0.717, 1.165) is 6.07 Å². The van der Waals surface area contributed by atoms with Gasteiger partial charge in [-0.15, -0.1) is 0 Å². The first kappa shape index (κ1) is 19.4. The molecule has 0 unspecified atom stereocenters. The number of anilines is 1. The zero-order valence-corrected chi connectivity index (χ0v) is 15.1. The van der Waals surface area contributed by atoms with Crippen LogP contribution in [0.25, 0.3) is 0 Å². The summed E-state index contributed by atoms with van der Waals surface area (Å²) in [6.07, 6.45) is 5.70. The van der Waals surface area contributed by atoms with Crippen LogP contribution in [-0.2, 0) is 18.1 Å². The molecule has 3 aromatic rings. The van der Waals surface area contributed by atoms with Crippen LogP contribution in [0.15, 0.2) is 43.0 Å². The molecule has 146 valence electrons. The van der Waals surface area contributed by atoms with Crippen LogP contribution in [-0.4, -0.2) is 36.5 Å². The predicted octanol–water partition coefficient (Wildman–Crippen LogP) is 2.64. The van der Waals surface area contributed by atoms with Gasteiger partial charge in [-0.1, -0.05) is 11.6 Å². The average molecular weight is 408 g/mol. The minimum absolute atomic E-state index is 0.00828. The van der Waals surface area contributed by atoms with Crippen LogP contribution in [0.3, 0.4) is 0 Å². The van der Waals surface area contributed by atoms with Crippen molar-refractivity contribution in [2.24, 2.45) is 0 Å². The highest BCUT2D eigenvalue weighted by Crippen LogP contribution is 2.25. The van der Waals surface area contributed by atoms with Crippen molar-refractivity contribution < 1.29 is 23.8 Å². The molecule has 0 bridgehead atoms. The van der Waals surface area contributed by atoms with Crippen molar-refractivity contribution in [1.82, 2.24) is 19.6 Å². The lowest BCUT2D eigenvalue weighted by Gasteiger charge is -2.07. The molecule has 0 radical (unpaired) electrons. The van der Waals surface area contributed by atoms with Gasteiger partial charge in [0.1, 0.15) is 11.6 Å². The zero-order valence-electron chi connectivity index (χ0n) is 14.4. The summed E-state index contributed by atoms with van der Waals surface area (Å²) in [5.41, 5.74) is 0.713. The Morgan fingerprint density at radius 3 is 2.75 bits per heavy atom. The van der Waals surface area contributed by atoms with E-state index in [0.29, 0.717) is 11.4 Å². The monoisotopic (exact) mass is 407 g/mol. The summed E-state index contributed by atoms with van der Waals surface area (Å²) >= 11 is 5.89. The number of aryl methyl sites for hydroxylation is 1. The summed E-state index contributed by atoms with van der Waals surface area (Å²) in [5.74, 6) is -1.52. The molecule has 3 rings (SSSR count). The van der Waals surface area contributed by atoms with E-state index < -0.39 is 17.7 Å². The number of carbonyl (C=O) groups excluding carboxylic acids is 1. The molecule has 0 fully saturated rings. The number of amides is 1. The Morgan fingerprint density at radius 2 is 2.00 bits per heavy atom. The summed E-state index contributed by atoms with van der Waals surface area (Å²) < 4.78 is 21.3. The lowest BCUT2D eigenvalue weighted by molar-refractivity contribution is -0.137. The molecule has 0 aliphatic heterocycles. The molecule has 1 amide bonds. The van der Waals surface area contributed by atoms with Crippen LogP contribution in [0.5, 0.6) is 5.75 Å². The number of benzene rings is 1. The molecule has 2 heterocycles. The van der Waals surface area contributed by atoms with Crippen molar-refractivity contribution in [3.63, 3.8) is 0 Å². The van der Waals surface area contributed by atoms with E-state index in [1.54, 1.807) is 6.20 Å². The normalized spacial score (nSPS) is 10.6. The van der Waals surface area contributed by atoms with Crippen molar-refractivity contribution in [2.75, 3.05) is 5.32 Å². The van der Waals surface area contributed by atoms with E-state index in [-0.39, 0.29) is 30.3 Å². The van der Waals surface area contributed by atoms with Crippen molar-refractivity contribution in [3.05, 3.63) is 59.4 Å². The van der Waals surface area contributed by atoms with Crippen molar-refractivity contribution in [1.29, 1.82) is 0 Å². The first-order valence-electron chi connectivity index (χ1n) is 8.06. The molecule has 0 atom stereocenters. The first-order valence-corrected chi connectivity index (χ1v) is 8.44. The number of aromatic nitrogens is 4. The third kappa shape index (κ3) is 5.07. The summed E-state index contributed by atoms with van der Waals surface area (Å²) in [5, 5.41) is 19.5. The van der Waals surface area contributed by atoms with Crippen LogP contribution in [0.1, 0.15) is 16.8 Å². The Balaban J connectivity index is 1.55. The van der Waals surface area contributed by atoms with E-state index in [2.05, 4.69) is 15.5 Å². The van der Waals surface area contributed by atoms with Gasteiger partial charge in [-0.3, -0.25) is 14.3 Å². The van der Waals surface area contributed by atoms with Gasteiger partial charge >= 0.3 is 5.97 Å². The maximum Gasteiger partial charge on any atom is 0.305 e. The van der Waals surface area contributed by atoms with E-state index in [1.807, 2.05) is 0 Å². The molecule has 2 N–H and O–H groups in total. The molecule has 11 heteroatoms. The minimum atomic E-state index is -0.946. The highest BCUT2D eigenvalue weighted by atomic mass is 35.5. The highest BCUT2D eigenvalue weighted by molar-refractivity contribution is 6.32. The topological polar surface area (TPSA) is 111 Å². The number of aliphatic carboxylic acids is 1. The van der Waals surface area contributed by atoms with Crippen molar-refractivity contribution >= 4 is 29.2 Å². The van der Waals surface area contributed by atoms with E-state index >= 15 is 0 Å². The summed E-state index contributed by atoms with van der Waals surface area (Å²) in [7, 11) is 0. The Labute approximate surface area is 163 Å². The summed E-state index contributed by atoms with van der Waals surface area (Å²) in [4.78, 5) is 22.8. The average Bonchev–Trinajstić information content (AvgIpc) is 3.28. The maximum atomic E-state index is 13.0. The maximum absolute atomic E-state index is 13.0. The molecule has 0 aliphatic rings. The van der Waals surface area contributed by atoms with Crippen LogP contribution in [0.4, 0.5) is 10.1 Å². The number of rotatable bonds is 8. The molecule has 28 heavy (non-hydrogen) atoms. The van der Waals surface area contributed by atoms with E-state index in [4.69, 9.17) is 21.4 Å². The molecular weight excluding hydrogens is 393 g/mol. The number of carboxylic acids is 1. The summed E-state index contributed by atoms with van der Waals surface area (Å²) in [6, 6.07) is 3.78. The molecule has 2 aromatic heterocycles. The van der Waals surface area contributed by atoms with Gasteiger partial charge in [-0.05, 0) is 18.2 Å². The fourth-order valence-corrected chi connectivity index (χ4v) is 2.47. The number of hydrogen-bond donors (Lipinski definition) is 2. The van der Waals surface area contributed by atoms with Crippen molar-refractivity contribution in [2.45, 2.75) is 19.7 Å². The molecule has 0 saturated carbocycles. The van der Waals surface area contributed by atoms with E-state index in [9.17, 15) is 14.0 Å². The number of ether oxygens (including phenoxy) is 1. The smallest absolute Gasteiger partial charge is 0.305 e. The Kier molecular flexibility index (Phi) is 5.90. The van der Waals surface area contributed by atoms with Gasteiger partial charge in [0.25, 0.3) is 5.91 Å². The predicted molar refractivity (Wildman–Crippen MR) is 96.7 cm³/mol. The SMILES string of the molecule is O=C(O)CCn1cc(C(=O)Nc2cnn(COc3ccc(F)cc3Cl)c2)cn1. The van der Waals surface area contributed by atoms with Gasteiger partial charge in [-0.25, -0.2) is 9.07 Å². The number of hydrogen-bond acceptors (Lipinski definition) is 5. The second-order valence-corrected chi connectivity index (χ2v) is 6.11. The van der Waals surface area contributed by atoms with Gasteiger partial charge < -0.3 is 15.2 Å². The standard InChI is InChI=1S/C17H15ClFN5O4/c18-14-5-12(19)1-2-15(14)28-10-24-9-13(7-21-24)22-17(27)11-6-20-23(8-11)4-3-16(25)26/h1-2,5-9H,3-4,10H2,(H,22,27)(H,25,26). The number of carboxylic acid groups (broad SMARTS) is 1. The highest BCUT2D eigenvalue weighted by Gasteiger charge is 2.11. The number of nitrogens with zero attached hydrogens (tertiary/aromatic N) is 4. The fourth-order valence-electron chi connectivity index (χ4n) is 2.24. The third-order valence-electron chi connectivity index (χ3n) is 3.59. The molecule has 0 aliphatic carbocycles.